The monoisotopic (exact) mass is 263 g/mol. The Labute approximate surface area is 109 Å². The van der Waals surface area contributed by atoms with Crippen molar-refractivity contribution in [3.05, 3.63) is 40.3 Å². The van der Waals surface area contributed by atoms with Gasteiger partial charge in [-0.1, -0.05) is 6.07 Å². The number of rotatable bonds is 6. The van der Waals surface area contributed by atoms with E-state index in [1.54, 1.807) is 6.20 Å². The van der Waals surface area contributed by atoms with Crippen molar-refractivity contribution in [1.82, 2.24) is 4.98 Å². The molecule has 0 amide bonds. The van der Waals surface area contributed by atoms with E-state index in [0.29, 0.717) is 18.1 Å². The highest BCUT2D eigenvalue weighted by Crippen LogP contribution is 2.21. The number of aldehydes is 1. The summed E-state index contributed by atoms with van der Waals surface area (Å²) >= 11 is 1.33. The van der Waals surface area contributed by atoms with Gasteiger partial charge in [0.15, 0.2) is 6.29 Å². The van der Waals surface area contributed by atoms with Gasteiger partial charge in [-0.2, -0.15) is 0 Å². The lowest BCUT2D eigenvalue weighted by Crippen LogP contribution is -1.96. The van der Waals surface area contributed by atoms with Crippen molar-refractivity contribution in [1.29, 1.82) is 0 Å². The van der Waals surface area contributed by atoms with Crippen LogP contribution in [0.1, 0.15) is 21.6 Å². The van der Waals surface area contributed by atoms with Crippen molar-refractivity contribution in [3.63, 3.8) is 0 Å². The fourth-order valence-corrected chi connectivity index (χ4v) is 2.06. The molecular formula is C13H13NO3S. The minimum atomic E-state index is 0.355. The zero-order valence-electron chi connectivity index (χ0n) is 9.96. The Morgan fingerprint density at radius 1 is 1.33 bits per heavy atom. The van der Waals surface area contributed by atoms with Gasteiger partial charge in [0.2, 0.25) is 0 Å². The molecule has 0 unspecified atom stereocenters. The largest absolute Gasteiger partial charge is 0.494 e. The highest BCUT2D eigenvalue weighted by molar-refractivity contribution is 7.13. The second kappa shape index (κ2) is 6.16. The third kappa shape index (κ3) is 3.30. The fourth-order valence-electron chi connectivity index (χ4n) is 1.41. The van der Waals surface area contributed by atoms with Gasteiger partial charge in [-0.15, -0.1) is 11.3 Å². The molecule has 0 saturated carbocycles. The first kappa shape index (κ1) is 12.6. The lowest BCUT2D eigenvalue weighted by Gasteiger charge is -2.07. The lowest BCUT2D eigenvalue weighted by molar-refractivity contribution is 0.112. The molecule has 94 valence electrons. The molecule has 0 spiro atoms. The van der Waals surface area contributed by atoms with Crippen LogP contribution >= 0.6 is 11.3 Å². The van der Waals surface area contributed by atoms with Gasteiger partial charge in [0, 0.05) is 12.3 Å². The van der Waals surface area contributed by atoms with Crippen molar-refractivity contribution < 1.29 is 14.3 Å². The van der Waals surface area contributed by atoms with Gasteiger partial charge in [-0.3, -0.25) is 4.79 Å². The number of aromatic nitrogens is 1. The third-order valence-electron chi connectivity index (χ3n) is 2.17. The van der Waals surface area contributed by atoms with E-state index >= 15 is 0 Å². The quantitative estimate of drug-likeness (QED) is 0.752. The van der Waals surface area contributed by atoms with E-state index in [0.717, 1.165) is 22.8 Å². The number of ether oxygens (including phenoxy) is 2. The molecule has 1 heterocycles. The lowest BCUT2D eigenvalue weighted by atomic mass is 10.3. The summed E-state index contributed by atoms with van der Waals surface area (Å²) in [7, 11) is 0. The van der Waals surface area contributed by atoms with Crippen molar-refractivity contribution in [2.24, 2.45) is 0 Å². The van der Waals surface area contributed by atoms with Crippen LogP contribution in [0.3, 0.4) is 0 Å². The second-order valence-electron chi connectivity index (χ2n) is 3.47. The molecule has 0 radical (unpaired) electrons. The molecule has 0 atom stereocenters. The number of nitrogens with zero attached hydrogens (tertiary/aromatic N) is 1. The molecule has 0 aliphatic heterocycles. The van der Waals surface area contributed by atoms with Crippen molar-refractivity contribution in [3.8, 4) is 11.5 Å². The standard InChI is InChI=1S/C13H13NO3S/c1-2-16-10-4-3-5-11(6-10)17-9-13-14-7-12(8-15)18-13/h3-8H,2,9H2,1H3. The van der Waals surface area contributed by atoms with Gasteiger partial charge >= 0.3 is 0 Å². The zero-order valence-corrected chi connectivity index (χ0v) is 10.8. The molecule has 2 aromatic rings. The summed E-state index contributed by atoms with van der Waals surface area (Å²) in [6, 6.07) is 7.44. The Bertz CT molecular complexity index is 524. The Kier molecular flexibility index (Phi) is 4.30. The number of hydrogen-bond acceptors (Lipinski definition) is 5. The Morgan fingerprint density at radius 2 is 2.11 bits per heavy atom. The minimum Gasteiger partial charge on any atom is -0.494 e. The van der Waals surface area contributed by atoms with E-state index in [9.17, 15) is 4.79 Å². The average Bonchev–Trinajstić information content (AvgIpc) is 2.85. The maximum atomic E-state index is 10.5. The molecule has 1 aromatic carbocycles. The molecule has 0 aliphatic rings. The average molecular weight is 263 g/mol. The number of carbonyl (C=O) groups excluding carboxylic acids is 1. The smallest absolute Gasteiger partial charge is 0.161 e. The normalized spacial score (nSPS) is 10.1. The van der Waals surface area contributed by atoms with Crippen LogP contribution in [0.2, 0.25) is 0 Å². The molecule has 2 rings (SSSR count). The second-order valence-corrected chi connectivity index (χ2v) is 4.62. The highest BCUT2D eigenvalue weighted by atomic mass is 32.1. The van der Waals surface area contributed by atoms with Gasteiger partial charge in [-0.05, 0) is 19.1 Å². The summed E-state index contributed by atoms with van der Waals surface area (Å²) in [6.07, 6.45) is 2.34. The number of hydrogen-bond donors (Lipinski definition) is 0. The molecule has 5 heteroatoms. The van der Waals surface area contributed by atoms with Crippen LogP contribution in [0.15, 0.2) is 30.5 Å². The maximum Gasteiger partial charge on any atom is 0.161 e. The Balaban J connectivity index is 1.96. The predicted molar refractivity (Wildman–Crippen MR) is 69.4 cm³/mol. The first-order valence-corrected chi connectivity index (χ1v) is 6.39. The molecule has 0 saturated heterocycles. The third-order valence-corrected chi connectivity index (χ3v) is 3.06. The van der Waals surface area contributed by atoms with Crippen molar-refractivity contribution >= 4 is 17.6 Å². The van der Waals surface area contributed by atoms with E-state index in [4.69, 9.17) is 9.47 Å². The number of benzene rings is 1. The van der Waals surface area contributed by atoms with E-state index in [-0.39, 0.29) is 0 Å². The van der Waals surface area contributed by atoms with Gasteiger partial charge in [-0.25, -0.2) is 4.98 Å². The maximum absolute atomic E-state index is 10.5. The molecule has 4 nitrogen and oxygen atoms in total. The van der Waals surface area contributed by atoms with Gasteiger partial charge in [0.25, 0.3) is 0 Å². The van der Waals surface area contributed by atoms with Crippen molar-refractivity contribution in [2.75, 3.05) is 6.61 Å². The van der Waals surface area contributed by atoms with Crippen LogP contribution in [0, 0.1) is 0 Å². The van der Waals surface area contributed by atoms with Crippen LogP contribution < -0.4 is 9.47 Å². The highest BCUT2D eigenvalue weighted by Gasteiger charge is 2.03. The predicted octanol–water partition coefficient (Wildman–Crippen LogP) is 2.93. The molecule has 1 aromatic heterocycles. The van der Waals surface area contributed by atoms with Crippen LogP contribution in [-0.4, -0.2) is 17.9 Å². The van der Waals surface area contributed by atoms with Crippen LogP contribution in [-0.2, 0) is 6.61 Å². The zero-order chi connectivity index (χ0) is 12.8. The Hall–Kier alpha value is -1.88. The Morgan fingerprint density at radius 3 is 2.78 bits per heavy atom. The summed E-state index contributed by atoms with van der Waals surface area (Å²) < 4.78 is 11.0. The van der Waals surface area contributed by atoms with Crippen LogP contribution in [0.4, 0.5) is 0 Å². The SMILES string of the molecule is CCOc1cccc(OCc2ncc(C=O)s2)c1. The molecular weight excluding hydrogens is 250 g/mol. The molecule has 0 N–H and O–H groups in total. The van der Waals surface area contributed by atoms with E-state index < -0.39 is 0 Å². The van der Waals surface area contributed by atoms with Gasteiger partial charge < -0.3 is 9.47 Å². The molecule has 0 fully saturated rings. The summed E-state index contributed by atoms with van der Waals surface area (Å²) in [6.45, 7) is 2.91. The molecule has 18 heavy (non-hydrogen) atoms. The first-order chi connectivity index (χ1) is 8.81. The van der Waals surface area contributed by atoms with Crippen LogP contribution in [0.25, 0.3) is 0 Å². The van der Waals surface area contributed by atoms with Gasteiger partial charge in [0.1, 0.15) is 23.1 Å². The van der Waals surface area contributed by atoms with E-state index in [1.165, 1.54) is 11.3 Å². The summed E-state index contributed by atoms with van der Waals surface area (Å²) in [4.78, 5) is 15.2. The molecule has 0 aliphatic carbocycles. The molecule has 0 bridgehead atoms. The number of carbonyl (C=O) groups is 1. The van der Waals surface area contributed by atoms with Gasteiger partial charge in [0.05, 0.1) is 11.5 Å². The fraction of sp³-hybridized carbons (Fsp3) is 0.231. The number of thiazole rings is 1. The van der Waals surface area contributed by atoms with E-state index in [2.05, 4.69) is 4.98 Å². The first-order valence-electron chi connectivity index (χ1n) is 5.57. The summed E-state index contributed by atoms with van der Waals surface area (Å²) in [5.74, 6) is 1.51. The summed E-state index contributed by atoms with van der Waals surface area (Å²) in [5, 5.41) is 0.777. The minimum absolute atomic E-state index is 0.355. The van der Waals surface area contributed by atoms with Crippen LogP contribution in [0.5, 0.6) is 11.5 Å². The van der Waals surface area contributed by atoms with Crippen molar-refractivity contribution in [2.45, 2.75) is 13.5 Å². The van der Waals surface area contributed by atoms with E-state index in [1.807, 2.05) is 31.2 Å². The topological polar surface area (TPSA) is 48.4 Å². The summed E-state index contributed by atoms with van der Waals surface area (Å²) in [5.41, 5.74) is 0.